The van der Waals surface area contributed by atoms with E-state index in [0.29, 0.717) is 15.8 Å². The predicted molar refractivity (Wildman–Crippen MR) is 117 cm³/mol. The van der Waals surface area contributed by atoms with Crippen LogP contribution < -0.4 is 5.32 Å². The molecule has 1 heterocycles. The van der Waals surface area contributed by atoms with Gasteiger partial charge in [-0.2, -0.15) is 0 Å². The van der Waals surface area contributed by atoms with Gasteiger partial charge in [-0.1, -0.05) is 28.9 Å². The Bertz CT molecular complexity index is 1140. The van der Waals surface area contributed by atoms with Crippen molar-refractivity contribution in [3.05, 3.63) is 69.2 Å². The maximum absolute atomic E-state index is 14.5. The van der Waals surface area contributed by atoms with Crippen LogP contribution in [0.2, 0.25) is 0 Å². The van der Waals surface area contributed by atoms with Crippen LogP contribution in [-0.2, 0) is 31.1 Å². The summed E-state index contributed by atoms with van der Waals surface area (Å²) in [7, 11) is 1.02. The number of nitrogens with one attached hydrogen (secondary N) is 1. The molecule has 0 aromatic heterocycles. The zero-order chi connectivity index (χ0) is 24.3. The summed E-state index contributed by atoms with van der Waals surface area (Å²) in [4.78, 5) is 53.2. The molecule has 1 N–H and O–H groups in total. The Morgan fingerprint density at radius 2 is 1.88 bits per heavy atom. The zero-order valence-corrected chi connectivity index (χ0v) is 19.5. The molecule has 0 saturated carbocycles. The molecule has 10 heteroatoms. The molecule has 33 heavy (non-hydrogen) atoms. The summed E-state index contributed by atoms with van der Waals surface area (Å²) in [6.07, 6.45) is -0.106. The Morgan fingerprint density at radius 1 is 1.15 bits per heavy atom. The predicted octanol–water partition coefficient (Wildman–Crippen LogP) is 3.24. The first-order valence-corrected chi connectivity index (χ1v) is 10.9. The molecule has 1 atom stereocenters. The maximum Gasteiger partial charge on any atom is 0.326 e. The maximum atomic E-state index is 14.5. The van der Waals surface area contributed by atoms with E-state index in [-0.39, 0.29) is 23.2 Å². The highest BCUT2D eigenvalue weighted by Crippen LogP contribution is 2.40. The highest BCUT2D eigenvalue weighted by atomic mass is 79.9. The minimum atomic E-state index is -2.32. The van der Waals surface area contributed by atoms with Crippen molar-refractivity contribution in [2.45, 2.75) is 31.7 Å². The van der Waals surface area contributed by atoms with Crippen molar-refractivity contribution < 1.29 is 32.7 Å². The summed E-state index contributed by atoms with van der Waals surface area (Å²) in [5, 5.41) is 2.58. The highest BCUT2D eigenvalue weighted by Gasteiger charge is 2.58. The van der Waals surface area contributed by atoms with E-state index in [0.717, 1.165) is 25.3 Å². The summed E-state index contributed by atoms with van der Waals surface area (Å²) >= 11 is 3.14. The van der Waals surface area contributed by atoms with Gasteiger partial charge < -0.3 is 10.1 Å². The van der Waals surface area contributed by atoms with E-state index in [1.165, 1.54) is 18.2 Å². The number of esters is 1. The highest BCUT2D eigenvalue weighted by molar-refractivity contribution is 9.10. The molecular weight excluding hydrogens is 502 g/mol. The lowest BCUT2D eigenvalue weighted by Crippen LogP contribution is -2.59. The van der Waals surface area contributed by atoms with Crippen LogP contribution in [0.4, 0.5) is 8.78 Å². The first-order valence-electron chi connectivity index (χ1n) is 10.1. The third-order valence-electron chi connectivity index (χ3n) is 5.40. The molecule has 1 aliphatic heterocycles. The number of hydrogen-bond donors (Lipinski definition) is 1. The molecule has 0 saturated heterocycles. The second-order valence-corrected chi connectivity index (χ2v) is 8.46. The number of fused-ring (bicyclic) bond motifs is 1. The Balaban J connectivity index is 2.18. The SMILES string of the molecule is CCCNC(=O)CC1(C(=O)OC)C(=O)N(Cc2ccc(Br)cc2F)C(=O)c2ccc(F)cc21. The van der Waals surface area contributed by atoms with Crippen LogP contribution in [0.15, 0.2) is 40.9 Å². The molecule has 7 nitrogen and oxygen atoms in total. The van der Waals surface area contributed by atoms with E-state index < -0.39 is 53.7 Å². The van der Waals surface area contributed by atoms with Crippen LogP contribution in [0.5, 0.6) is 0 Å². The Hall–Kier alpha value is -3.14. The van der Waals surface area contributed by atoms with E-state index in [2.05, 4.69) is 21.2 Å². The van der Waals surface area contributed by atoms with Crippen LogP contribution in [0, 0.1) is 11.6 Å². The van der Waals surface area contributed by atoms with Crippen molar-refractivity contribution in [2.24, 2.45) is 0 Å². The van der Waals surface area contributed by atoms with Crippen LogP contribution >= 0.6 is 15.9 Å². The van der Waals surface area contributed by atoms with Crippen molar-refractivity contribution in [3.63, 3.8) is 0 Å². The fourth-order valence-corrected chi connectivity index (χ4v) is 4.12. The van der Waals surface area contributed by atoms with Gasteiger partial charge in [0.1, 0.15) is 11.6 Å². The molecule has 0 spiro atoms. The van der Waals surface area contributed by atoms with Crippen molar-refractivity contribution >= 4 is 39.6 Å². The average molecular weight is 523 g/mol. The lowest BCUT2D eigenvalue weighted by molar-refractivity contribution is -0.158. The molecule has 0 aliphatic carbocycles. The lowest BCUT2D eigenvalue weighted by atomic mass is 9.71. The minimum Gasteiger partial charge on any atom is -0.468 e. The van der Waals surface area contributed by atoms with E-state index >= 15 is 0 Å². The molecule has 0 fully saturated rings. The van der Waals surface area contributed by atoms with Crippen molar-refractivity contribution in [2.75, 3.05) is 13.7 Å². The summed E-state index contributed by atoms with van der Waals surface area (Å²) in [6, 6.07) is 7.10. The van der Waals surface area contributed by atoms with E-state index in [1.807, 2.05) is 6.92 Å². The van der Waals surface area contributed by atoms with Gasteiger partial charge in [0, 0.05) is 22.1 Å². The number of halogens is 3. The molecule has 0 bridgehead atoms. The zero-order valence-electron chi connectivity index (χ0n) is 17.9. The normalized spacial score (nSPS) is 17.5. The van der Waals surface area contributed by atoms with Gasteiger partial charge in [-0.3, -0.25) is 24.1 Å². The molecule has 3 rings (SSSR count). The Morgan fingerprint density at radius 3 is 2.52 bits per heavy atom. The van der Waals surface area contributed by atoms with Gasteiger partial charge >= 0.3 is 5.97 Å². The average Bonchev–Trinajstić information content (AvgIpc) is 2.78. The van der Waals surface area contributed by atoms with Crippen LogP contribution in [-0.4, -0.2) is 42.2 Å². The van der Waals surface area contributed by atoms with Crippen molar-refractivity contribution in [1.82, 2.24) is 10.2 Å². The number of benzene rings is 2. The summed E-state index contributed by atoms with van der Waals surface area (Å²) < 4.78 is 34.0. The quantitative estimate of drug-likeness (QED) is 0.342. The van der Waals surface area contributed by atoms with E-state index in [4.69, 9.17) is 4.74 Å². The van der Waals surface area contributed by atoms with Crippen LogP contribution in [0.1, 0.15) is 41.3 Å². The van der Waals surface area contributed by atoms with Crippen LogP contribution in [0.25, 0.3) is 0 Å². The number of imide groups is 1. The standard InChI is InChI=1S/C23H21BrF2N2O5/c1-3-8-27-19(29)11-23(22(32)33-2)17-10-15(25)6-7-16(17)20(30)28(21(23)31)12-13-4-5-14(24)9-18(13)26/h4-7,9-10H,3,8,11-12H2,1-2H3,(H,27,29). The second kappa shape index (κ2) is 9.78. The van der Waals surface area contributed by atoms with Crippen molar-refractivity contribution in [3.8, 4) is 0 Å². The first kappa shape index (κ1) is 24.5. The molecule has 0 radical (unpaired) electrons. The first-order chi connectivity index (χ1) is 15.6. The smallest absolute Gasteiger partial charge is 0.326 e. The van der Waals surface area contributed by atoms with Gasteiger partial charge in [-0.25, -0.2) is 8.78 Å². The Labute approximate surface area is 197 Å². The van der Waals surface area contributed by atoms with E-state index in [1.54, 1.807) is 0 Å². The minimum absolute atomic E-state index is 0.0136. The largest absolute Gasteiger partial charge is 0.468 e. The fraction of sp³-hybridized carbons (Fsp3) is 0.304. The van der Waals surface area contributed by atoms with Gasteiger partial charge in [0.2, 0.25) is 5.91 Å². The van der Waals surface area contributed by atoms with Crippen molar-refractivity contribution in [1.29, 1.82) is 0 Å². The number of hydrogen-bond acceptors (Lipinski definition) is 5. The van der Waals surface area contributed by atoms with Gasteiger partial charge in [0.15, 0.2) is 5.41 Å². The van der Waals surface area contributed by atoms with Gasteiger partial charge in [0.25, 0.3) is 11.8 Å². The number of nitrogens with zero attached hydrogens (tertiary/aromatic N) is 1. The number of ether oxygens (including phenoxy) is 1. The topological polar surface area (TPSA) is 92.8 Å². The number of carbonyl (C=O) groups excluding carboxylic acids is 4. The number of methoxy groups -OCH3 is 1. The number of carbonyl (C=O) groups is 4. The molecule has 2 aromatic carbocycles. The summed E-state index contributed by atoms with van der Waals surface area (Å²) in [5.41, 5.74) is -2.71. The third-order valence-corrected chi connectivity index (χ3v) is 5.90. The molecule has 1 unspecified atom stereocenters. The number of rotatable bonds is 7. The third kappa shape index (κ3) is 4.52. The number of amides is 3. The van der Waals surface area contributed by atoms with Gasteiger partial charge in [-0.05, 0) is 42.3 Å². The van der Waals surface area contributed by atoms with E-state index in [9.17, 15) is 28.0 Å². The van der Waals surface area contributed by atoms with Crippen LogP contribution in [0.3, 0.4) is 0 Å². The summed E-state index contributed by atoms with van der Waals surface area (Å²) in [5.74, 6) is -5.20. The molecule has 2 aromatic rings. The van der Waals surface area contributed by atoms with Gasteiger partial charge in [-0.15, -0.1) is 0 Å². The molecule has 174 valence electrons. The second-order valence-electron chi connectivity index (χ2n) is 7.55. The fourth-order valence-electron chi connectivity index (χ4n) is 3.79. The molecular formula is C23H21BrF2N2O5. The molecule has 3 amide bonds. The Kier molecular flexibility index (Phi) is 7.26. The molecule has 1 aliphatic rings. The van der Waals surface area contributed by atoms with Gasteiger partial charge in [0.05, 0.1) is 20.1 Å². The monoisotopic (exact) mass is 522 g/mol. The summed E-state index contributed by atoms with van der Waals surface area (Å²) in [6.45, 7) is 1.61. The lowest BCUT2D eigenvalue weighted by Gasteiger charge is -2.39.